The van der Waals surface area contributed by atoms with Gasteiger partial charge in [-0.15, -0.1) is 6.58 Å². The molecule has 1 aliphatic heterocycles. The van der Waals surface area contributed by atoms with Gasteiger partial charge in [-0.1, -0.05) is 23.7 Å². The van der Waals surface area contributed by atoms with Gasteiger partial charge in [-0.25, -0.2) is 4.79 Å². The molecule has 114 valence electrons. The largest absolute Gasteiger partial charge is 0.444 e. The monoisotopic (exact) mass is 307 g/mol. The smallest absolute Gasteiger partial charge is 0.410 e. The molecule has 0 N–H and O–H groups in total. The molecule has 2 rings (SSSR count). The van der Waals surface area contributed by atoms with Crippen molar-refractivity contribution in [2.45, 2.75) is 45.3 Å². The summed E-state index contributed by atoms with van der Waals surface area (Å²) in [6.45, 7) is 10.1. The lowest BCUT2D eigenvalue weighted by Gasteiger charge is -2.37. The van der Waals surface area contributed by atoms with Gasteiger partial charge < -0.3 is 9.64 Å². The molecular weight excluding hydrogens is 286 g/mol. The van der Waals surface area contributed by atoms with Gasteiger partial charge in [-0.2, -0.15) is 0 Å². The molecule has 0 saturated heterocycles. The van der Waals surface area contributed by atoms with Crippen molar-refractivity contribution in [1.29, 1.82) is 0 Å². The molecule has 0 aromatic heterocycles. The minimum Gasteiger partial charge on any atom is -0.444 e. The second-order valence-electron chi connectivity index (χ2n) is 6.31. The van der Waals surface area contributed by atoms with Crippen molar-refractivity contribution in [3.05, 3.63) is 47.0 Å². The molecule has 0 fully saturated rings. The van der Waals surface area contributed by atoms with Gasteiger partial charge in [0.05, 0.1) is 6.04 Å². The number of amides is 1. The van der Waals surface area contributed by atoms with Crippen LogP contribution in [0.2, 0.25) is 5.02 Å². The van der Waals surface area contributed by atoms with Gasteiger partial charge in [0.1, 0.15) is 5.60 Å². The fourth-order valence-electron chi connectivity index (χ4n) is 2.62. The first kappa shape index (κ1) is 15.9. The van der Waals surface area contributed by atoms with Crippen LogP contribution >= 0.6 is 11.6 Å². The van der Waals surface area contributed by atoms with Crippen molar-refractivity contribution >= 4 is 17.7 Å². The fourth-order valence-corrected chi connectivity index (χ4v) is 2.80. The number of carbonyl (C=O) groups excluding carboxylic acids is 1. The highest BCUT2D eigenvalue weighted by atomic mass is 35.5. The number of rotatable bonds is 2. The Hall–Kier alpha value is -1.48. The average molecular weight is 308 g/mol. The van der Waals surface area contributed by atoms with E-state index in [1.807, 2.05) is 45.0 Å². The van der Waals surface area contributed by atoms with Gasteiger partial charge in [-0.05, 0) is 56.9 Å². The summed E-state index contributed by atoms with van der Waals surface area (Å²) in [6, 6.07) is 5.83. The Balaban J connectivity index is 2.31. The molecule has 1 aliphatic rings. The lowest BCUT2D eigenvalue weighted by molar-refractivity contribution is 0.0144. The molecule has 1 aromatic rings. The van der Waals surface area contributed by atoms with E-state index in [0.29, 0.717) is 18.0 Å². The summed E-state index contributed by atoms with van der Waals surface area (Å²) in [6.07, 6.45) is 3.06. The Kier molecular flexibility index (Phi) is 4.62. The molecule has 4 heteroatoms. The maximum absolute atomic E-state index is 12.4. The van der Waals surface area contributed by atoms with Crippen LogP contribution in [0.4, 0.5) is 4.79 Å². The van der Waals surface area contributed by atoms with Crippen LogP contribution in [0.25, 0.3) is 0 Å². The second-order valence-corrected chi connectivity index (χ2v) is 6.74. The van der Waals surface area contributed by atoms with E-state index < -0.39 is 5.60 Å². The van der Waals surface area contributed by atoms with Gasteiger partial charge >= 0.3 is 6.09 Å². The number of fused-ring (bicyclic) bond motifs is 1. The number of benzene rings is 1. The Labute approximate surface area is 131 Å². The first-order valence-corrected chi connectivity index (χ1v) is 7.58. The Morgan fingerprint density at radius 3 is 2.86 bits per heavy atom. The Morgan fingerprint density at radius 2 is 2.24 bits per heavy atom. The van der Waals surface area contributed by atoms with Crippen molar-refractivity contribution in [3.8, 4) is 0 Å². The molecule has 1 unspecified atom stereocenters. The van der Waals surface area contributed by atoms with E-state index in [2.05, 4.69) is 6.58 Å². The average Bonchev–Trinajstić information content (AvgIpc) is 2.37. The number of nitrogens with zero attached hydrogens (tertiary/aromatic N) is 1. The number of ether oxygens (including phenoxy) is 1. The number of hydrogen-bond donors (Lipinski definition) is 0. The summed E-state index contributed by atoms with van der Waals surface area (Å²) in [7, 11) is 0. The van der Waals surface area contributed by atoms with Crippen LogP contribution in [0.3, 0.4) is 0 Å². The quantitative estimate of drug-likeness (QED) is 0.738. The highest BCUT2D eigenvalue weighted by molar-refractivity contribution is 6.30. The van der Waals surface area contributed by atoms with Crippen molar-refractivity contribution in [3.63, 3.8) is 0 Å². The molecule has 0 aliphatic carbocycles. The number of carbonyl (C=O) groups is 1. The van der Waals surface area contributed by atoms with Crippen LogP contribution in [0.5, 0.6) is 0 Å². The zero-order chi connectivity index (χ0) is 15.6. The summed E-state index contributed by atoms with van der Waals surface area (Å²) in [4.78, 5) is 14.2. The molecule has 3 nitrogen and oxygen atoms in total. The zero-order valence-electron chi connectivity index (χ0n) is 12.9. The van der Waals surface area contributed by atoms with Crippen molar-refractivity contribution in [1.82, 2.24) is 4.90 Å². The summed E-state index contributed by atoms with van der Waals surface area (Å²) in [5.41, 5.74) is 1.84. The third-order valence-corrected chi connectivity index (χ3v) is 3.72. The van der Waals surface area contributed by atoms with E-state index in [9.17, 15) is 4.79 Å². The summed E-state index contributed by atoms with van der Waals surface area (Å²) in [5, 5.41) is 0.689. The first-order valence-electron chi connectivity index (χ1n) is 7.20. The maximum atomic E-state index is 12.4. The van der Waals surface area contributed by atoms with Crippen LogP contribution in [0, 0.1) is 0 Å². The molecule has 0 radical (unpaired) electrons. The van der Waals surface area contributed by atoms with Crippen LogP contribution in [-0.2, 0) is 11.2 Å². The van der Waals surface area contributed by atoms with Crippen LogP contribution < -0.4 is 0 Å². The lowest BCUT2D eigenvalue weighted by Crippen LogP contribution is -2.42. The van der Waals surface area contributed by atoms with E-state index in [1.165, 1.54) is 5.56 Å². The van der Waals surface area contributed by atoms with Crippen molar-refractivity contribution in [2.75, 3.05) is 6.54 Å². The molecular formula is C17H22ClNO2. The normalized spacial score (nSPS) is 18.1. The third-order valence-electron chi connectivity index (χ3n) is 3.48. The van der Waals surface area contributed by atoms with Crippen LogP contribution in [0.1, 0.15) is 44.4 Å². The highest BCUT2D eigenvalue weighted by Gasteiger charge is 2.32. The predicted molar refractivity (Wildman–Crippen MR) is 85.7 cm³/mol. The van der Waals surface area contributed by atoms with Gasteiger partial charge in [0.15, 0.2) is 0 Å². The molecule has 21 heavy (non-hydrogen) atoms. The van der Waals surface area contributed by atoms with Gasteiger partial charge in [0, 0.05) is 11.6 Å². The second kappa shape index (κ2) is 6.10. The molecule has 0 bridgehead atoms. The van der Waals surface area contributed by atoms with Crippen molar-refractivity contribution < 1.29 is 9.53 Å². The minimum atomic E-state index is -0.496. The van der Waals surface area contributed by atoms with Crippen LogP contribution in [-0.4, -0.2) is 23.1 Å². The van der Waals surface area contributed by atoms with Gasteiger partial charge in [0.2, 0.25) is 0 Å². The molecule has 0 spiro atoms. The topological polar surface area (TPSA) is 29.5 Å². The van der Waals surface area contributed by atoms with E-state index in [1.54, 1.807) is 4.90 Å². The Bertz CT molecular complexity index is 548. The van der Waals surface area contributed by atoms with E-state index in [-0.39, 0.29) is 12.1 Å². The van der Waals surface area contributed by atoms with E-state index >= 15 is 0 Å². The molecule has 0 saturated carbocycles. The van der Waals surface area contributed by atoms with E-state index in [4.69, 9.17) is 16.3 Å². The summed E-state index contributed by atoms with van der Waals surface area (Å²) in [5.74, 6) is 0. The molecule has 1 amide bonds. The molecule has 1 heterocycles. The Morgan fingerprint density at radius 1 is 1.52 bits per heavy atom. The van der Waals surface area contributed by atoms with Gasteiger partial charge in [-0.3, -0.25) is 0 Å². The SMILES string of the molecule is C=CCC1c2cc(Cl)ccc2CCN1C(=O)OC(C)(C)C. The number of hydrogen-bond acceptors (Lipinski definition) is 2. The maximum Gasteiger partial charge on any atom is 0.410 e. The third kappa shape index (κ3) is 3.79. The lowest BCUT2D eigenvalue weighted by atomic mass is 9.91. The molecule has 1 aromatic carbocycles. The first-order chi connectivity index (χ1) is 9.81. The van der Waals surface area contributed by atoms with Crippen LogP contribution in [0.15, 0.2) is 30.9 Å². The van der Waals surface area contributed by atoms with E-state index in [0.717, 1.165) is 12.0 Å². The minimum absolute atomic E-state index is 0.0557. The highest BCUT2D eigenvalue weighted by Crippen LogP contribution is 2.35. The standard InChI is InChI=1S/C17H22ClNO2/c1-5-6-15-14-11-13(18)8-7-12(14)9-10-19(15)16(20)21-17(2,3)4/h5,7-8,11,15H,1,6,9-10H2,2-4H3. The predicted octanol–water partition coefficient (Wildman–Crippen LogP) is 4.75. The fraction of sp³-hybridized carbons (Fsp3) is 0.471. The summed E-state index contributed by atoms with van der Waals surface area (Å²) < 4.78 is 5.52. The molecule has 1 atom stereocenters. The zero-order valence-corrected chi connectivity index (χ0v) is 13.6. The number of halogens is 1. The summed E-state index contributed by atoms with van der Waals surface area (Å²) >= 11 is 6.12. The van der Waals surface area contributed by atoms with Gasteiger partial charge in [0.25, 0.3) is 0 Å². The van der Waals surface area contributed by atoms with Crippen molar-refractivity contribution in [2.24, 2.45) is 0 Å².